The Labute approximate surface area is 149 Å². The summed E-state index contributed by atoms with van der Waals surface area (Å²) in [5.74, 6) is 0.953. The number of nitrogens with one attached hydrogen (secondary N) is 1. The molecule has 0 bridgehead atoms. The molecule has 5 heteroatoms. The molecule has 1 atom stereocenters. The maximum atomic E-state index is 12.6. The molecule has 3 rings (SSSR count). The monoisotopic (exact) mass is 346 g/mol. The highest BCUT2D eigenvalue weighted by atomic mass is 35.5. The van der Waals surface area contributed by atoms with E-state index in [1.807, 2.05) is 49.5 Å². The average Bonchev–Trinajstić information content (AvgIpc) is 2.61. The third kappa shape index (κ3) is 4.49. The molecule has 0 spiro atoms. The molecule has 4 nitrogen and oxygen atoms in total. The number of ether oxygens (including phenoxy) is 1. The number of halogens is 1. The van der Waals surface area contributed by atoms with Crippen molar-refractivity contribution >= 4 is 18.3 Å². The van der Waals surface area contributed by atoms with Gasteiger partial charge < -0.3 is 15.0 Å². The number of nitrogens with zero attached hydrogens (tertiary/aromatic N) is 1. The molecule has 1 N–H and O–H groups in total. The highest BCUT2D eigenvalue weighted by Gasteiger charge is 2.26. The zero-order valence-electron chi connectivity index (χ0n) is 13.8. The minimum absolute atomic E-state index is 0. The van der Waals surface area contributed by atoms with E-state index in [-0.39, 0.29) is 24.4 Å². The molecule has 1 aliphatic rings. The molecule has 1 unspecified atom stereocenters. The summed E-state index contributed by atoms with van der Waals surface area (Å²) >= 11 is 0. The van der Waals surface area contributed by atoms with Crippen LogP contribution in [0.2, 0.25) is 0 Å². The first-order valence-corrected chi connectivity index (χ1v) is 7.97. The van der Waals surface area contributed by atoms with Crippen molar-refractivity contribution in [2.45, 2.75) is 19.0 Å². The van der Waals surface area contributed by atoms with Crippen LogP contribution < -0.4 is 10.1 Å². The van der Waals surface area contributed by atoms with Gasteiger partial charge in [-0.15, -0.1) is 12.4 Å². The lowest BCUT2D eigenvalue weighted by molar-refractivity contribution is -0.132. The van der Waals surface area contributed by atoms with Crippen LogP contribution in [0.4, 0.5) is 0 Å². The fraction of sp³-hybridized carbons (Fsp3) is 0.316. The van der Waals surface area contributed by atoms with Gasteiger partial charge in [0, 0.05) is 13.6 Å². The molecule has 0 radical (unpaired) electrons. The van der Waals surface area contributed by atoms with Gasteiger partial charge in [-0.05, 0) is 29.7 Å². The number of hydrogen-bond donors (Lipinski definition) is 1. The summed E-state index contributed by atoms with van der Waals surface area (Å²) in [6.07, 6.45) is 0.749. The Kier molecular flexibility index (Phi) is 6.64. The van der Waals surface area contributed by atoms with E-state index < -0.39 is 0 Å². The van der Waals surface area contributed by atoms with Gasteiger partial charge in [0.2, 0.25) is 5.91 Å². The van der Waals surface area contributed by atoms with Crippen LogP contribution in [0.3, 0.4) is 0 Å². The highest BCUT2D eigenvalue weighted by molar-refractivity contribution is 5.85. The molecule has 1 aliphatic heterocycles. The van der Waals surface area contributed by atoms with E-state index in [4.69, 9.17) is 4.74 Å². The Hall–Kier alpha value is -2.04. The van der Waals surface area contributed by atoms with Crippen LogP contribution in [-0.2, 0) is 17.8 Å². The number of carbonyl (C=O) groups is 1. The van der Waals surface area contributed by atoms with Crippen LogP contribution in [0.1, 0.15) is 11.1 Å². The molecule has 0 saturated carbocycles. The highest BCUT2D eigenvalue weighted by Crippen LogP contribution is 2.17. The lowest BCUT2D eigenvalue weighted by Gasteiger charge is -2.29. The first kappa shape index (κ1) is 18.3. The Morgan fingerprint density at radius 2 is 1.79 bits per heavy atom. The number of rotatable bonds is 5. The Morgan fingerprint density at radius 1 is 1.12 bits per heavy atom. The number of hydrogen-bond acceptors (Lipinski definition) is 3. The van der Waals surface area contributed by atoms with Gasteiger partial charge in [0.15, 0.2) is 0 Å². The molecule has 0 saturated heterocycles. The van der Waals surface area contributed by atoms with E-state index >= 15 is 0 Å². The minimum Gasteiger partial charge on any atom is -0.492 e. The fourth-order valence-corrected chi connectivity index (χ4v) is 2.82. The summed E-state index contributed by atoms with van der Waals surface area (Å²) in [6, 6.07) is 17.8. The number of likely N-dealkylation sites (N-methyl/N-ethyl adjacent to an activating group) is 1. The van der Waals surface area contributed by atoms with Crippen molar-refractivity contribution in [3.63, 3.8) is 0 Å². The predicted octanol–water partition coefficient (Wildman–Crippen LogP) is 2.66. The topological polar surface area (TPSA) is 41.6 Å². The average molecular weight is 347 g/mol. The zero-order chi connectivity index (χ0) is 16.1. The summed E-state index contributed by atoms with van der Waals surface area (Å²) < 4.78 is 5.66. The second-order valence-corrected chi connectivity index (χ2v) is 5.83. The van der Waals surface area contributed by atoms with E-state index in [1.165, 1.54) is 11.1 Å². The first-order valence-electron chi connectivity index (χ1n) is 7.97. The summed E-state index contributed by atoms with van der Waals surface area (Å²) in [5, 5.41) is 3.33. The molecular weight excluding hydrogens is 324 g/mol. The van der Waals surface area contributed by atoms with Crippen molar-refractivity contribution in [2.75, 3.05) is 20.2 Å². The van der Waals surface area contributed by atoms with Gasteiger partial charge in [-0.1, -0.05) is 42.5 Å². The third-order valence-corrected chi connectivity index (χ3v) is 4.19. The Morgan fingerprint density at radius 3 is 2.54 bits per heavy atom. The van der Waals surface area contributed by atoms with Crippen molar-refractivity contribution in [2.24, 2.45) is 0 Å². The van der Waals surface area contributed by atoms with Crippen LogP contribution in [0.5, 0.6) is 5.75 Å². The van der Waals surface area contributed by atoms with Crippen LogP contribution in [0.15, 0.2) is 54.6 Å². The summed E-state index contributed by atoms with van der Waals surface area (Å²) in [5.41, 5.74) is 2.55. The van der Waals surface area contributed by atoms with Gasteiger partial charge >= 0.3 is 0 Å². The molecule has 1 heterocycles. The van der Waals surface area contributed by atoms with Crippen molar-refractivity contribution in [3.05, 3.63) is 65.7 Å². The Balaban J connectivity index is 0.00000208. The van der Waals surface area contributed by atoms with Crippen molar-refractivity contribution in [1.82, 2.24) is 10.2 Å². The van der Waals surface area contributed by atoms with Gasteiger partial charge in [-0.2, -0.15) is 0 Å². The maximum Gasteiger partial charge on any atom is 0.239 e. The van der Waals surface area contributed by atoms with Crippen molar-refractivity contribution in [3.8, 4) is 5.75 Å². The normalized spacial score (nSPS) is 15.8. The van der Waals surface area contributed by atoms with Crippen LogP contribution in [-0.4, -0.2) is 37.0 Å². The first-order chi connectivity index (χ1) is 11.2. The molecule has 0 aliphatic carbocycles. The molecule has 2 aromatic rings. The lowest BCUT2D eigenvalue weighted by Crippen LogP contribution is -2.49. The maximum absolute atomic E-state index is 12.6. The van der Waals surface area contributed by atoms with Gasteiger partial charge in [0.25, 0.3) is 0 Å². The van der Waals surface area contributed by atoms with Gasteiger partial charge in [-0.3, -0.25) is 4.79 Å². The molecule has 128 valence electrons. The molecule has 2 aromatic carbocycles. The zero-order valence-corrected chi connectivity index (χ0v) is 14.6. The van der Waals surface area contributed by atoms with E-state index in [2.05, 4.69) is 17.4 Å². The Bertz CT molecular complexity index is 663. The second kappa shape index (κ2) is 8.71. The molecule has 0 fully saturated rings. The second-order valence-electron chi connectivity index (χ2n) is 5.83. The van der Waals surface area contributed by atoms with Crippen LogP contribution in [0, 0.1) is 0 Å². The lowest BCUT2D eigenvalue weighted by atomic mass is 9.95. The number of benzene rings is 2. The van der Waals surface area contributed by atoms with E-state index in [1.54, 1.807) is 4.90 Å². The molecule has 0 aromatic heterocycles. The smallest absolute Gasteiger partial charge is 0.239 e. The third-order valence-electron chi connectivity index (χ3n) is 4.19. The number of fused-ring (bicyclic) bond motifs is 1. The van der Waals surface area contributed by atoms with Gasteiger partial charge in [0.05, 0.1) is 12.6 Å². The summed E-state index contributed by atoms with van der Waals surface area (Å²) in [4.78, 5) is 14.3. The minimum atomic E-state index is -0.147. The van der Waals surface area contributed by atoms with E-state index in [9.17, 15) is 4.79 Å². The molecule has 1 amide bonds. The number of para-hydroxylation sites is 1. The standard InChI is InChI=1S/C19H22N2O2.ClH/c1-21(11-12-23-17-9-3-2-4-10-17)19(22)18-13-15-7-5-6-8-16(15)14-20-18;/h2-10,18,20H,11-14H2,1H3;1H. The van der Waals surface area contributed by atoms with Crippen LogP contribution in [0.25, 0.3) is 0 Å². The summed E-state index contributed by atoms with van der Waals surface area (Å²) in [6.45, 7) is 1.82. The fourth-order valence-electron chi connectivity index (χ4n) is 2.82. The van der Waals surface area contributed by atoms with Crippen LogP contribution >= 0.6 is 12.4 Å². The number of carbonyl (C=O) groups excluding carboxylic acids is 1. The van der Waals surface area contributed by atoms with Crippen molar-refractivity contribution < 1.29 is 9.53 Å². The van der Waals surface area contributed by atoms with Crippen molar-refractivity contribution in [1.29, 1.82) is 0 Å². The molecular formula is C19H23ClN2O2. The SMILES string of the molecule is CN(CCOc1ccccc1)C(=O)C1Cc2ccccc2CN1.Cl. The van der Waals surface area contributed by atoms with Gasteiger partial charge in [-0.25, -0.2) is 0 Å². The quantitative estimate of drug-likeness (QED) is 0.905. The van der Waals surface area contributed by atoms with E-state index in [0.717, 1.165) is 18.7 Å². The van der Waals surface area contributed by atoms with E-state index in [0.29, 0.717) is 13.2 Å². The number of amides is 1. The molecule has 24 heavy (non-hydrogen) atoms. The largest absolute Gasteiger partial charge is 0.492 e. The predicted molar refractivity (Wildman–Crippen MR) is 97.6 cm³/mol. The summed E-state index contributed by atoms with van der Waals surface area (Å²) in [7, 11) is 1.83. The van der Waals surface area contributed by atoms with Gasteiger partial charge in [0.1, 0.15) is 12.4 Å².